The van der Waals surface area contributed by atoms with Gasteiger partial charge in [-0.15, -0.1) is 0 Å². The van der Waals surface area contributed by atoms with Crippen molar-refractivity contribution >= 4 is 22.8 Å². The Hall–Kier alpha value is -4.52. The molecule has 1 aromatic carbocycles. The Morgan fingerprint density at radius 1 is 1.18 bits per heavy atom. The van der Waals surface area contributed by atoms with Gasteiger partial charge in [-0.2, -0.15) is 5.10 Å². The van der Waals surface area contributed by atoms with Gasteiger partial charge >= 0.3 is 0 Å². The number of carbonyl (C=O) groups excluding carboxylic acids is 1. The number of para-hydroxylation sites is 1. The molecule has 5 N–H and O–H groups in total. The third kappa shape index (κ3) is 4.65. The second-order valence-electron chi connectivity index (χ2n) is 9.44. The number of amides is 1. The fourth-order valence-electron chi connectivity index (χ4n) is 4.83. The van der Waals surface area contributed by atoms with Crippen LogP contribution in [0.1, 0.15) is 12.6 Å². The standard InChI is InChI=1S/C27H27N7O5/c1-33-12-11-19(32-33)18-13-34(25-20(18)24(28)29-14-30-25)27-22(36)21(35)23(39-27)26(37)31-15-7-9-17(10-8-15)38-16-5-3-2-4-6-16/h2-7,9-15,21-23,27,35-36H,8H2,1H3,(H,31,37)(H2,28,29,30)/t15?,21-,22+,23-,27+/m0/s1. The van der Waals surface area contributed by atoms with Crippen molar-refractivity contribution in [1.29, 1.82) is 0 Å². The summed E-state index contributed by atoms with van der Waals surface area (Å²) < 4.78 is 15.0. The molecule has 39 heavy (non-hydrogen) atoms. The molecule has 4 heterocycles. The maximum Gasteiger partial charge on any atom is 0.252 e. The van der Waals surface area contributed by atoms with Gasteiger partial charge in [0.15, 0.2) is 12.3 Å². The number of aliphatic hydroxyl groups excluding tert-OH is 2. The molecule has 1 amide bonds. The van der Waals surface area contributed by atoms with Gasteiger partial charge in [0.2, 0.25) is 0 Å². The topological polar surface area (TPSA) is 163 Å². The van der Waals surface area contributed by atoms with E-state index < -0.39 is 30.4 Å². The van der Waals surface area contributed by atoms with Crippen molar-refractivity contribution in [2.75, 3.05) is 5.73 Å². The number of rotatable bonds is 6. The van der Waals surface area contributed by atoms with E-state index in [1.165, 1.54) is 6.33 Å². The van der Waals surface area contributed by atoms with Gasteiger partial charge in [0.25, 0.3) is 5.91 Å². The van der Waals surface area contributed by atoms with E-state index >= 15 is 0 Å². The van der Waals surface area contributed by atoms with Crippen LogP contribution in [-0.4, -0.2) is 64.8 Å². The Labute approximate surface area is 223 Å². The Balaban J connectivity index is 1.19. The van der Waals surface area contributed by atoms with Crippen molar-refractivity contribution in [1.82, 2.24) is 29.6 Å². The number of carbonyl (C=O) groups is 1. The lowest BCUT2D eigenvalue weighted by Crippen LogP contribution is -2.46. The van der Waals surface area contributed by atoms with Crippen molar-refractivity contribution in [3.05, 3.63) is 79.1 Å². The lowest BCUT2D eigenvalue weighted by atomic mass is 10.1. The number of nitrogens with zero attached hydrogens (tertiary/aromatic N) is 5. The molecule has 0 saturated carbocycles. The Bertz CT molecular complexity index is 1580. The molecule has 12 nitrogen and oxygen atoms in total. The first-order chi connectivity index (χ1) is 18.9. The van der Waals surface area contributed by atoms with Crippen LogP contribution in [0.4, 0.5) is 5.82 Å². The molecule has 0 bridgehead atoms. The molecule has 6 rings (SSSR count). The van der Waals surface area contributed by atoms with Crippen LogP contribution in [-0.2, 0) is 16.6 Å². The summed E-state index contributed by atoms with van der Waals surface area (Å²) in [5.74, 6) is 1.07. The number of benzene rings is 1. The summed E-state index contributed by atoms with van der Waals surface area (Å²) in [5.41, 5.74) is 7.81. The normalized spacial score (nSPS) is 24.6. The molecular weight excluding hydrogens is 502 g/mol. The van der Waals surface area contributed by atoms with Crippen LogP contribution in [0, 0.1) is 0 Å². The first kappa shape index (κ1) is 24.8. The SMILES string of the molecule is Cn1ccc(-c2cn([C@@H]3O[C@H](C(=O)NC4C=CC(Oc5ccccc5)=CC4)[C@@H](O)[C@H]3O)c3ncnc(N)c23)n1. The number of aromatic nitrogens is 5. The zero-order valence-corrected chi connectivity index (χ0v) is 21.0. The Morgan fingerprint density at radius 2 is 2.00 bits per heavy atom. The van der Waals surface area contributed by atoms with Crippen molar-refractivity contribution < 1.29 is 24.5 Å². The summed E-state index contributed by atoms with van der Waals surface area (Å²) >= 11 is 0. The number of nitrogen functional groups attached to an aromatic ring is 1. The van der Waals surface area contributed by atoms with Gasteiger partial charge in [-0.3, -0.25) is 9.48 Å². The number of hydrogen-bond donors (Lipinski definition) is 4. The molecule has 200 valence electrons. The highest BCUT2D eigenvalue weighted by atomic mass is 16.6. The van der Waals surface area contributed by atoms with Crippen molar-refractivity contribution in [3.63, 3.8) is 0 Å². The predicted molar refractivity (Wildman–Crippen MR) is 141 cm³/mol. The van der Waals surface area contributed by atoms with Crippen LogP contribution >= 0.6 is 0 Å². The number of ether oxygens (including phenoxy) is 2. The van der Waals surface area contributed by atoms with E-state index in [1.54, 1.807) is 34.8 Å². The Kier molecular flexibility index (Phi) is 6.35. The highest BCUT2D eigenvalue weighted by molar-refractivity contribution is 5.99. The van der Waals surface area contributed by atoms with Gasteiger partial charge in [-0.25, -0.2) is 9.97 Å². The van der Waals surface area contributed by atoms with Crippen LogP contribution in [0.2, 0.25) is 0 Å². The molecule has 1 saturated heterocycles. The highest BCUT2D eigenvalue weighted by Crippen LogP contribution is 2.38. The summed E-state index contributed by atoms with van der Waals surface area (Å²) in [6.45, 7) is 0. The number of nitrogens with two attached hydrogens (primary N) is 1. The van der Waals surface area contributed by atoms with Gasteiger partial charge in [-0.1, -0.05) is 24.3 Å². The van der Waals surface area contributed by atoms with Crippen molar-refractivity contribution in [2.24, 2.45) is 7.05 Å². The molecule has 4 aromatic rings. The predicted octanol–water partition coefficient (Wildman–Crippen LogP) is 1.44. The Morgan fingerprint density at radius 3 is 2.72 bits per heavy atom. The molecule has 12 heteroatoms. The van der Waals surface area contributed by atoms with E-state index in [0.29, 0.717) is 40.2 Å². The van der Waals surface area contributed by atoms with E-state index in [0.717, 1.165) is 0 Å². The monoisotopic (exact) mass is 529 g/mol. The highest BCUT2D eigenvalue weighted by Gasteiger charge is 2.48. The maximum absolute atomic E-state index is 13.1. The number of fused-ring (bicyclic) bond motifs is 1. The number of allylic oxidation sites excluding steroid dienone is 1. The average molecular weight is 530 g/mol. The smallest absolute Gasteiger partial charge is 0.252 e. The van der Waals surface area contributed by atoms with Crippen LogP contribution in [0.15, 0.2) is 79.1 Å². The second-order valence-corrected chi connectivity index (χ2v) is 9.44. The summed E-state index contributed by atoms with van der Waals surface area (Å²) in [5, 5.41) is 29.5. The molecule has 1 aliphatic heterocycles. The van der Waals surface area contributed by atoms with E-state index in [1.807, 2.05) is 48.6 Å². The average Bonchev–Trinajstić information content (AvgIpc) is 3.62. The van der Waals surface area contributed by atoms with Crippen LogP contribution in [0.5, 0.6) is 5.75 Å². The maximum atomic E-state index is 13.1. The lowest BCUT2D eigenvalue weighted by molar-refractivity contribution is -0.138. The van der Waals surface area contributed by atoms with Gasteiger partial charge in [0, 0.05) is 25.0 Å². The quantitative estimate of drug-likeness (QED) is 0.289. The van der Waals surface area contributed by atoms with Crippen molar-refractivity contribution in [3.8, 4) is 17.0 Å². The molecule has 0 spiro atoms. The minimum atomic E-state index is -1.47. The molecule has 1 aliphatic carbocycles. The van der Waals surface area contributed by atoms with Gasteiger partial charge in [0.1, 0.15) is 41.5 Å². The summed E-state index contributed by atoms with van der Waals surface area (Å²) in [7, 11) is 1.79. The second kappa shape index (κ2) is 9.98. The third-order valence-electron chi connectivity index (χ3n) is 6.77. The fraction of sp³-hybridized carbons (Fsp3) is 0.259. The molecule has 3 aromatic heterocycles. The zero-order chi connectivity index (χ0) is 27.1. The molecule has 0 radical (unpaired) electrons. The minimum absolute atomic E-state index is 0.231. The first-order valence-corrected chi connectivity index (χ1v) is 12.4. The summed E-state index contributed by atoms with van der Waals surface area (Å²) in [6.07, 6.45) is 5.44. The summed E-state index contributed by atoms with van der Waals surface area (Å²) in [4.78, 5) is 21.5. The van der Waals surface area contributed by atoms with Crippen LogP contribution in [0.3, 0.4) is 0 Å². The molecule has 1 unspecified atom stereocenters. The number of anilines is 1. The summed E-state index contributed by atoms with van der Waals surface area (Å²) in [6, 6.07) is 10.9. The molecule has 5 atom stereocenters. The molecule has 2 aliphatic rings. The third-order valence-corrected chi connectivity index (χ3v) is 6.77. The fourth-order valence-corrected chi connectivity index (χ4v) is 4.83. The van der Waals surface area contributed by atoms with Crippen LogP contribution < -0.4 is 15.8 Å². The van der Waals surface area contributed by atoms with Gasteiger partial charge in [0.05, 0.1) is 17.1 Å². The molecule has 1 fully saturated rings. The van der Waals surface area contributed by atoms with E-state index in [-0.39, 0.29) is 11.9 Å². The van der Waals surface area contributed by atoms with Gasteiger partial charge < -0.3 is 35.3 Å². The minimum Gasteiger partial charge on any atom is -0.458 e. The van der Waals surface area contributed by atoms with Crippen LogP contribution in [0.25, 0.3) is 22.3 Å². The number of hydrogen-bond acceptors (Lipinski definition) is 9. The lowest BCUT2D eigenvalue weighted by Gasteiger charge is -2.21. The van der Waals surface area contributed by atoms with E-state index in [4.69, 9.17) is 15.2 Å². The molecular formula is C27H27N7O5. The van der Waals surface area contributed by atoms with Gasteiger partial charge in [-0.05, 0) is 36.8 Å². The van der Waals surface area contributed by atoms with E-state index in [9.17, 15) is 15.0 Å². The first-order valence-electron chi connectivity index (χ1n) is 12.4. The van der Waals surface area contributed by atoms with E-state index in [2.05, 4.69) is 20.4 Å². The van der Waals surface area contributed by atoms with Crippen molar-refractivity contribution in [2.45, 2.75) is 37.0 Å². The number of aryl methyl sites for hydroxylation is 1. The number of aliphatic hydroxyl groups is 2. The largest absolute Gasteiger partial charge is 0.458 e. The number of nitrogens with one attached hydrogen (secondary N) is 1. The zero-order valence-electron chi connectivity index (χ0n) is 21.0.